The SMILES string of the molecule is Cc1c(N)ccc(F)c1NC(=O)c1ccccn1. The highest BCUT2D eigenvalue weighted by molar-refractivity contribution is 6.03. The number of rotatable bonds is 2. The number of carbonyl (C=O) groups is 1. The lowest BCUT2D eigenvalue weighted by Crippen LogP contribution is -2.15. The molecular weight excluding hydrogens is 233 g/mol. The van der Waals surface area contributed by atoms with Gasteiger partial charge in [0.2, 0.25) is 0 Å². The molecule has 0 fully saturated rings. The highest BCUT2D eigenvalue weighted by Gasteiger charge is 2.13. The first kappa shape index (κ1) is 12.0. The van der Waals surface area contributed by atoms with Crippen LogP contribution in [0.1, 0.15) is 16.1 Å². The van der Waals surface area contributed by atoms with Gasteiger partial charge >= 0.3 is 0 Å². The predicted octanol–water partition coefficient (Wildman–Crippen LogP) is 2.36. The van der Waals surface area contributed by atoms with Gasteiger partial charge in [-0.25, -0.2) is 4.39 Å². The number of aromatic nitrogens is 1. The molecule has 0 saturated carbocycles. The first-order valence-corrected chi connectivity index (χ1v) is 5.36. The molecule has 2 aromatic rings. The van der Waals surface area contributed by atoms with Gasteiger partial charge in [0, 0.05) is 11.9 Å². The van der Waals surface area contributed by atoms with E-state index in [9.17, 15) is 9.18 Å². The van der Waals surface area contributed by atoms with Crippen LogP contribution in [0, 0.1) is 12.7 Å². The van der Waals surface area contributed by atoms with Gasteiger partial charge in [-0.05, 0) is 36.8 Å². The summed E-state index contributed by atoms with van der Waals surface area (Å²) in [5, 5.41) is 2.48. The van der Waals surface area contributed by atoms with Crippen LogP contribution in [0.5, 0.6) is 0 Å². The second-order valence-corrected chi connectivity index (χ2v) is 3.81. The van der Waals surface area contributed by atoms with Gasteiger partial charge in [0.05, 0.1) is 5.69 Å². The summed E-state index contributed by atoms with van der Waals surface area (Å²) in [7, 11) is 0. The second kappa shape index (κ2) is 4.83. The first-order valence-electron chi connectivity index (χ1n) is 5.36. The van der Waals surface area contributed by atoms with Gasteiger partial charge in [-0.3, -0.25) is 9.78 Å². The third-order valence-electron chi connectivity index (χ3n) is 2.59. The van der Waals surface area contributed by atoms with Crippen LogP contribution in [0.4, 0.5) is 15.8 Å². The third-order valence-corrected chi connectivity index (χ3v) is 2.59. The molecule has 92 valence electrons. The van der Waals surface area contributed by atoms with Crippen molar-refractivity contribution >= 4 is 17.3 Å². The summed E-state index contributed by atoms with van der Waals surface area (Å²) in [4.78, 5) is 15.7. The molecule has 2 rings (SSSR count). The van der Waals surface area contributed by atoms with Gasteiger partial charge in [-0.1, -0.05) is 6.07 Å². The molecule has 3 N–H and O–H groups in total. The summed E-state index contributed by atoms with van der Waals surface area (Å²) in [5.74, 6) is -0.991. The van der Waals surface area contributed by atoms with Crippen molar-refractivity contribution in [2.24, 2.45) is 0 Å². The maximum atomic E-state index is 13.6. The van der Waals surface area contributed by atoms with E-state index < -0.39 is 11.7 Å². The van der Waals surface area contributed by atoms with Crippen molar-refractivity contribution in [2.45, 2.75) is 6.92 Å². The van der Waals surface area contributed by atoms with Crippen molar-refractivity contribution < 1.29 is 9.18 Å². The minimum absolute atomic E-state index is 0.0886. The number of nitrogen functional groups attached to an aromatic ring is 1. The molecule has 0 aliphatic rings. The lowest BCUT2D eigenvalue weighted by molar-refractivity contribution is 0.102. The van der Waals surface area contributed by atoms with Crippen LogP contribution in [-0.2, 0) is 0 Å². The molecule has 1 amide bonds. The normalized spacial score (nSPS) is 10.1. The van der Waals surface area contributed by atoms with Crippen LogP contribution in [0.3, 0.4) is 0 Å². The van der Waals surface area contributed by atoms with Crippen LogP contribution in [-0.4, -0.2) is 10.9 Å². The number of halogens is 1. The van der Waals surface area contributed by atoms with E-state index in [1.807, 2.05) is 0 Å². The van der Waals surface area contributed by atoms with Crippen LogP contribution in [0.15, 0.2) is 36.5 Å². The Hall–Kier alpha value is -2.43. The van der Waals surface area contributed by atoms with E-state index in [0.29, 0.717) is 11.3 Å². The van der Waals surface area contributed by atoms with Crippen molar-refractivity contribution in [2.75, 3.05) is 11.1 Å². The van der Waals surface area contributed by atoms with E-state index in [1.165, 1.54) is 18.3 Å². The predicted molar refractivity (Wildman–Crippen MR) is 67.7 cm³/mol. The van der Waals surface area contributed by atoms with Crippen molar-refractivity contribution in [1.82, 2.24) is 4.98 Å². The number of benzene rings is 1. The summed E-state index contributed by atoms with van der Waals surface area (Å²) in [6.07, 6.45) is 1.50. The second-order valence-electron chi connectivity index (χ2n) is 3.81. The minimum Gasteiger partial charge on any atom is -0.398 e. The molecule has 0 saturated heterocycles. The number of nitrogens with two attached hydrogens (primary N) is 1. The largest absolute Gasteiger partial charge is 0.398 e. The number of anilines is 2. The average Bonchev–Trinajstić information content (AvgIpc) is 2.40. The standard InChI is InChI=1S/C13H12FN3O/c1-8-10(15)6-5-9(14)12(8)17-13(18)11-4-2-3-7-16-11/h2-7H,15H2,1H3,(H,17,18). The zero-order valence-corrected chi connectivity index (χ0v) is 9.77. The van der Waals surface area contributed by atoms with Gasteiger partial charge < -0.3 is 11.1 Å². The zero-order valence-electron chi connectivity index (χ0n) is 9.77. The number of carbonyl (C=O) groups excluding carboxylic acids is 1. The van der Waals surface area contributed by atoms with Gasteiger partial charge in [-0.2, -0.15) is 0 Å². The van der Waals surface area contributed by atoms with Crippen molar-refractivity contribution in [3.05, 3.63) is 53.6 Å². The molecule has 18 heavy (non-hydrogen) atoms. The average molecular weight is 245 g/mol. The van der Waals surface area contributed by atoms with Crippen LogP contribution >= 0.6 is 0 Å². The maximum absolute atomic E-state index is 13.6. The number of hydrogen-bond acceptors (Lipinski definition) is 3. The molecule has 0 aliphatic carbocycles. The number of pyridine rings is 1. The van der Waals surface area contributed by atoms with Crippen LogP contribution in [0.2, 0.25) is 0 Å². The van der Waals surface area contributed by atoms with Crippen molar-refractivity contribution in [1.29, 1.82) is 0 Å². The van der Waals surface area contributed by atoms with E-state index in [-0.39, 0.29) is 11.4 Å². The molecule has 0 unspecified atom stereocenters. The Balaban J connectivity index is 2.30. The summed E-state index contributed by atoms with van der Waals surface area (Å²) in [6, 6.07) is 7.61. The fourth-order valence-electron chi connectivity index (χ4n) is 1.52. The fourth-order valence-corrected chi connectivity index (χ4v) is 1.52. The third kappa shape index (κ3) is 2.29. The Kier molecular flexibility index (Phi) is 3.23. The number of nitrogens with zero attached hydrogens (tertiary/aromatic N) is 1. The fraction of sp³-hybridized carbons (Fsp3) is 0.0769. The van der Waals surface area contributed by atoms with E-state index in [4.69, 9.17) is 5.73 Å². The molecule has 0 radical (unpaired) electrons. The van der Waals surface area contributed by atoms with E-state index in [1.54, 1.807) is 25.1 Å². The van der Waals surface area contributed by atoms with Crippen LogP contribution < -0.4 is 11.1 Å². The summed E-state index contributed by atoms with van der Waals surface area (Å²) >= 11 is 0. The first-order chi connectivity index (χ1) is 8.59. The quantitative estimate of drug-likeness (QED) is 0.798. The topological polar surface area (TPSA) is 68.0 Å². The van der Waals surface area contributed by atoms with E-state index in [0.717, 1.165) is 0 Å². The molecule has 4 nitrogen and oxygen atoms in total. The zero-order chi connectivity index (χ0) is 13.1. The lowest BCUT2D eigenvalue weighted by atomic mass is 10.1. The van der Waals surface area contributed by atoms with E-state index in [2.05, 4.69) is 10.3 Å². The Bertz CT molecular complexity index is 584. The Labute approximate surface area is 104 Å². The monoisotopic (exact) mass is 245 g/mol. The number of hydrogen-bond donors (Lipinski definition) is 2. The van der Waals surface area contributed by atoms with Gasteiger partial charge in [0.25, 0.3) is 5.91 Å². The lowest BCUT2D eigenvalue weighted by Gasteiger charge is -2.10. The molecule has 0 bridgehead atoms. The highest BCUT2D eigenvalue weighted by atomic mass is 19.1. The Morgan fingerprint density at radius 2 is 2.11 bits per heavy atom. The maximum Gasteiger partial charge on any atom is 0.274 e. The summed E-state index contributed by atoms with van der Waals surface area (Å²) in [5.41, 5.74) is 6.90. The number of nitrogens with one attached hydrogen (secondary N) is 1. The summed E-state index contributed by atoms with van der Waals surface area (Å²) in [6.45, 7) is 1.65. The molecule has 0 spiro atoms. The molecule has 1 heterocycles. The van der Waals surface area contributed by atoms with Crippen molar-refractivity contribution in [3.63, 3.8) is 0 Å². The molecule has 1 aromatic heterocycles. The highest BCUT2D eigenvalue weighted by Crippen LogP contribution is 2.24. The summed E-state index contributed by atoms with van der Waals surface area (Å²) < 4.78 is 13.6. The molecular formula is C13H12FN3O. The van der Waals surface area contributed by atoms with Gasteiger partial charge in [0.1, 0.15) is 11.5 Å². The Morgan fingerprint density at radius 3 is 2.78 bits per heavy atom. The molecule has 0 aliphatic heterocycles. The molecule has 1 aromatic carbocycles. The number of amides is 1. The smallest absolute Gasteiger partial charge is 0.274 e. The van der Waals surface area contributed by atoms with Gasteiger partial charge in [0.15, 0.2) is 0 Å². The molecule has 5 heteroatoms. The van der Waals surface area contributed by atoms with E-state index >= 15 is 0 Å². The molecule has 0 atom stereocenters. The Morgan fingerprint density at radius 1 is 1.33 bits per heavy atom. The van der Waals surface area contributed by atoms with Crippen LogP contribution in [0.25, 0.3) is 0 Å². The minimum atomic E-state index is -0.522. The van der Waals surface area contributed by atoms with Crippen molar-refractivity contribution in [3.8, 4) is 0 Å². The van der Waals surface area contributed by atoms with Gasteiger partial charge in [-0.15, -0.1) is 0 Å².